The van der Waals surface area contributed by atoms with Gasteiger partial charge in [-0.1, -0.05) is 31.4 Å². The Hall–Kier alpha value is -1.53. The van der Waals surface area contributed by atoms with Crippen molar-refractivity contribution in [3.05, 3.63) is 29.3 Å². The van der Waals surface area contributed by atoms with Gasteiger partial charge in [-0.2, -0.15) is 5.26 Å². The standard InChI is InChI=1S/C14H18N2O/c15-9-13-11(5-4-8-14(13)16)10-17-12-6-2-1-3-7-12/h4-5,8,12H,1-3,6-7,10,16H2. The number of ether oxygens (including phenoxy) is 1. The number of hydrogen-bond donors (Lipinski definition) is 1. The van der Waals surface area contributed by atoms with Gasteiger partial charge in [0, 0.05) is 5.69 Å². The molecule has 90 valence electrons. The fourth-order valence-corrected chi connectivity index (χ4v) is 2.32. The summed E-state index contributed by atoms with van der Waals surface area (Å²) >= 11 is 0. The molecule has 0 atom stereocenters. The number of anilines is 1. The Kier molecular flexibility index (Phi) is 4.00. The molecule has 3 heteroatoms. The molecule has 2 N–H and O–H groups in total. The van der Waals surface area contributed by atoms with Crippen LogP contribution in [0.2, 0.25) is 0 Å². The number of hydrogen-bond acceptors (Lipinski definition) is 3. The van der Waals surface area contributed by atoms with Crippen LogP contribution in [0, 0.1) is 11.3 Å². The number of nitriles is 1. The average molecular weight is 230 g/mol. The number of nitrogens with two attached hydrogens (primary N) is 1. The van der Waals surface area contributed by atoms with Crippen LogP contribution in [0.4, 0.5) is 5.69 Å². The third-order valence-corrected chi connectivity index (χ3v) is 3.32. The minimum atomic E-state index is 0.358. The van der Waals surface area contributed by atoms with Crippen molar-refractivity contribution in [2.75, 3.05) is 5.73 Å². The second-order valence-electron chi connectivity index (χ2n) is 4.56. The second-order valence-corrected chi connectivity index (χ2v) is 4.56. The summed E-state index contributed by atoms with van der Waals surface area (Å²) in [5.41, 5.74) is 7.76. The van der Waals surface area contributed by atoms with Crippen molar-refractivity contribution in [1.82, 2.24) is 0 Å². The molecule has 3 nitrogen and oxygen atoms in total. The van der Waals surface area contributed by atoms with Crippen LogP contribution in [0.3, 0.4) is 0 Å². The van der Waals surface area contributed by atoms with Crippen molar-refractivity contribution in [3.63, 3.8) is 0 Å². The van der Waals surface area contributed by atoms with Crippen molar-refractivity contribution in [2.45, 2.75) is 44.8 Å². The molecule has 0 saturated heterocycles. The first-order chi connectivity index (χ1) is 8.31. The van der Waals surface area contributed by atoms with Gasteiger partial charge in [0.05, 0.1) is 18.3 Å². The van der Waals surface area contributed by atoms with Gasteiger partial charge in [-0.05, 0) is 24.5 Å². The fraction of sp³-hybridized carbons (Fsp3) is 0.500. The topological polar surface area (TPSA) is 59.0 Å². The van der Waals surface area contributed by atoms with Crippen LogP contribution in [-0.2, 0) is 11.3 Å². The zero-order valence-corrected chi connectivity index (χ0v) is 9.98. The van der Waals surface area contributed by atoms with E-state index in [9.17, 15) is 0 Å². The first-order valence-corrected chi connectivity index (χ1v) is 6.20. The van der Waals surface area contributed by atoms with Crippen LogP contribution < -0.4 is 5.73 Å². The van der Waals surface area contributed by atoms with E-state index in [0.29, 0.717) is 24.0 Å². The van der Waals surface area contributed by atoms with E-state index in [1.807, 2.05) is 12.1 Å². The molecule has 1 aromatic carbocycles. The smallest absolute Gasteiger partial charge is 0.102 e. The van der Waals surface area contributed by atoms with Crippen LogP contribution in [0.25, 0.3) is 0 Å². The number of benzene rings is 1. The van der Waals surface area contributed by atoms with Gasteiger partial charge in [0.1, 0.15) is 6.07 Å². The number of rotatable bonds is 3. The van der Waals surface area contributed by atoms with Gasteiger partial charge in [0.2, 0.25) is 0 Å². The van der Waals surface area contributed by atoms with Crippen LogP contribution in [0.15, 0.2) is 18.2 Å². The summed E-state index contributed by atoms with van der Waals surface area (Å²) in [6, 6.07) is 7.68. The Morgan fingerprint density at radius 3 is 2.76 bits per heavy atom. The Bertz CT molecular complexity index is 417. The van der Waals surface area contributed by atoms with Crippen molar-refractivity contribution in [3.8, 4) is 6.07 Å². The summed E-state index contributed by atoms with van der Waals surface area (Å²) in [7, 11) is 0. The van der Waals surface area contributed by atoms with E-state index in [2.05, 4.69) is 6.07 Å². The van der Waals surface area contributed by atoms with Crippen molar-refractivity contribution >= 4 is 5.69 Å². The molecule has 1 aliphatic rings. The van der Waals surface area contributed by atoms with Gasteiger partial charge >= 0.3 is 0 Å². The van der Waals surface area contributed by atoms with Crippen LogP contribution in [-0.4, -0.2) is 6.10 Å². The molecule has 2 rings (SSSR count). The van der Waals surface area contributed by atoms with Gasteiger partial charge < -0.3 is 10.5 Å². The predicted octanol–water partition coefficient (Wildman–Crippen LogP) is 2.99. The first-order valence-electron chi connectivity index (χ1n) is 6.20. The molecule has 0 unspecified atom stereocenters. The van der Waals surface area contributed by atoms with E-state index in [-0.39, 0.29) is 0 Å². The SMILES string of the molecule is N#Cc1c(N)cccc1COC1CCCCC1. The molecule has 0 aromatic heterocycles. The predicted molar refractivity (Wildman–Crippen MR) is 67.2 cm³/mol. The van der Waals surface area contributed by atoms with Crippen LogP contribution >= 0.6 is 0 Å². The van der Waals surface area contributed by atoms with Crippen molar-refractivity contribution < 1.29 is 4.74 Å². The van der Waals surface area contributed by atoms with Gasteiger partial charge in [0.15, 0.2) is 0 Å². The molecule has 0 aliphatic heterocycles. The second kappa shape index (κ2) is 5.70. The Morgan fingerprint density at radius 2 is 2.06 bits per heavy atom. The van der Waals surface area contributed by atoms with Crippen LogP contribution in [0.5, 0.6) is 0 Å². The molecule has 17 heavy (non-hydrogen) atoms. The lowest BCUT2D eigenvalue weighted by atomic mass is 9.97. The van der Waals surface area contributed by atoms with Gasteiger partial charge in [-0.25, -0.2) is 0 Å². The highest BCUT2D eigenvalue weighted by molar-refractivity contribution is 5.57. The Morgan fingerprint density at radius 1 is 1.29 bits per heavy atom. The van der Waals surface area contributed by atoms with Gasteiger partial charge in [0.25, 0.3) is 0 Å². The molecule has 1 fully saturated rings. The maximum atomic E-state index is 9.05. The molecular formula is C14H18N2O. The zero-order chi connectivity index (χ0) is 12.1. The minimum Gasteiger partial charge on any atom is -0.398 e. The van der Waals surface area contributed by atoms with Gasteiger partial charge in [-0.3, -0.25) is 0 Å². The van der Waals surface area contributed by atoms with Crippen molar-refractivity contribution in [1.29, 1.82) is 5.26 Å². The maximum Gasteiger partial charge on any atom is 0.102 e. The lowest BCUT2D eigenvalue weighted by Crippen LogP contribution is -2.16. The lowest BCUT2D eigenvalue weighted by Gasteiger charge is -2.22. The third kappa shape index (κ3) is 2.98. The Labute approximate surface area is 102 Å². The highest BCUT2D eigenvalue weighted by Crippen LogP contribution is 2.23. The summed E-state index contributed by atoms with van der Waals surface area (Å²) in [5.74, 6) is 0. The summed E-state index contributed by atoms with van der Waals surface area (Å²) in [4.78, 5) is 0. The highest BCUT2D eigenvalue weighted by atomic mass is 16.5. The highest BCUT2D eigenvalue weighted by Gasteiger charge is 2.14. The van der Waals surface area contributed by atoms with Crippen molar-refractivity contribution in [2.24, 2.45) is 0 Å². The lowest BCUT2D eigenvalue weighted by molar-refractivity contribution is 0.0168. The average Bonchev–Trinajstić information content (AvgIpc) is 2.37. The molecule has 1 aliphatic carbocycles. The summed E-state index contributed by atoms with van der Waals surface area (Å²) in [6.45, 7) is 0.499. The van der Waals surface area contributed by atoms with E-state index in [1.165, 1.54) is 19.3 Å². The van der Waals surface area contributed by atoms with E-state index >= 15 is 0 Å². The molecule has 0 amide bonds. The third-order valence-electron chi connectivity index (χ3n) is 3.32. The molecule has 1 aromatic rings. The quantitative estimate of drug-likeness (QED) is 0.812. The van der Waals surface area contributed by atoms with E-state index in [1.54, 1.807) is 6.07 Å². The summed E-state index contributed by atoms with van der Waals surface area (Å²) in [5, 5.41) is 9.05. The number of nitrogens with zero attached hydrogens (tertiary/aromatic N) is 1. The van der Waals surface area contributed by atoms with E-state index in [0.717, 1.165) is 18.4 Å². The van der Waals surface area contributed by atoms with Crippen LogP contribution in [0.1, 0.15) is 43.2 Å². The van der Waals surface area contributed by atoms with Gasteiger partial charge in [-0.15, -0.1) is 0 Å². The molecular weight excluding hydrogens is 212 g/mol. The Balaban J connectivity index is 1.99. The summed E-state index contributed by atoms with van der Waals surface area (Å²) in [6.07, 6.45) is 6.48. The van der Waals surface area contributed by atoms with E-state index < -0.39 is 0 Å². The molecule has 0 spiro atoms. The maximum absolute atomic E-state index is 9.05. The monoisotopic (exact) mass is 230 g/mol. The molecule has 0 bridgehead atoms. The minimum absolute atomic E-state index is 0.358. The zero-order valence-electron chi connectivity index (χ0n) is 9.98. The molecule has 0 heterocycles. The number of nitrogen functional groups attached to an aromatic ring is 1. The largest absolute Gasteiger partial charge is 0.398 e. The van der Waals surface area contributed by atoms with E-state index in [4.69, 9.17) is 15.7 Å². The first kappa shape index (κ1) is 11.9. The molecule has 1 saturated carbocycles. The molecule has 0 radical (unpaired) electrons. The normalized spacial score (nSPS) is 16.6. The summed E-state index contributed by atoms with van der Waals surface area (Å²) < 4.78 is 5.86. The fourth-order valence-electron chi connectivity index (χ4n) is 2.32.